The minimum absolute atomic E-state index is 0.491. The molecule has 0 aliphatic carbocycles. The van der Waals surface area contributed by atoms with Gasteiger partial charge in [0.1, 0.15) is 5.75 Å². The summed E-state index contributed by atoms with van der Waals surface area (Å²) in [7, 11) is 1.59. The van der Waals surface area contributed by atoms with Crippen LogP contribution in [0.2, 0.25) is 5.02 Å². The summed E-state index contributed by atoms with van der Waals surface area (Å²) in [6, 6.07) is 14.8. The van der Waals surface area contributed by atoms with Gasteiger partial charge >= 0.3 is 0 Å². The molecule has 0 radical (unpaired) electrons. The zero-order chi connectivity index (χ0) is 13.7. The molecule has 2 aromatic rings. The average molecular weight is 276 g/mol. The summed E-state index contributed by atoms with van der Waals surface area (Å²) in [5.41, 5.74) is 4.08. The molecule has 0 spiro atoms. The van der Waals surface area contributed by atoms with Gasteiger partial charge in [-0.05, 0) is 30.3 Å². The normalized spacial score (nSPS) is 11.2. The second kappa shape index (κ2) is 6.22. The molecule has 0 unspecified atom stereocenters. The first kappa shape index (κ1) is 13.4. The molecule has 0 amide bonds. The van der Waals surface area contributed by atoms with Crippen molar-refractivity contribution < 1.29 is 4.74 Å². The summed E-state index contributed by atoms with van der Waals surface area (Å²) in [6.07, 6.45) is 0. The van der Waals surface area contributed by atoms with E-state index in [9.17, 15) is 0 Å². The van der Waals surface area contributed by atoms with Gasteiger partial charge in [-0.15, -0.1) is 0 Å². The molecule has 0 aliphatic heterocycles. The maximum atomic E-state index is 6.00. The van der Waals surface area contributed by atoms with Crippen molar-refractivity contribution >= 4 is 23.1 Å². The SMILES string of the molecule is COc1ccc(Cl)cc1C(=Nc1ccccc1)NN. The fraction of sp³-hybridized carbons (Fsp3) is 0.0714. The fourth-order valence-corrected chi connectivity index (χ4v) is 1.84. The van der Waals surface area contributed by atoms with Crippen LogP contribution in [0.3, 0.4) is 0 Å². The third-order valence-corrected chi connectivity index (χ3v) is 2.79. The van der Waals surface area contributed by atoms with Crippen LogP contribution in [0.5, 0.6) is 5.75 Å². The maximum Gasteiger partial charge on any atom is 0.151 e. The Morgan fingerprint density at radius 2 is 1.95 bits per heavy atom. The van der Waals surface area contributed by atoms with E-state index >= 15 is 0 Å². The number of ether oxygens (including phenoxy) is 1. The van der Waals surface area contributed by atoms with Gasteiger partial charge in [0.15, 0.2) is 5.84 Å². The van der Waals surface area contributed by atoms with Crippen molar-refractivity contribution in [3.05, 3.63) is 59.1 Å². The minimum atomic E-state index is 0.491. The monoisotopic (exact) mass is 275 g/mol. The first-order chi connectivity index (χ1) is 9.24. The van der Waals surface area contributed by atoms with Crippen molar-refractivity contribution in [1.29, 1.82) is 0 Å². The molecule has 98 valence electrons. The number of aliphatic imine (C=N–C) groups is 1. The Hall–Kier alpha value is -2.04. The number of amidine groups is 1. The Morgan fingerprint density at radius 3 is 2.58 bits per heavy atom. The van der Waals surface area contributed by atoms with E-state index in [1.807, 2.05) is 30.3 Å². The number of methoxy groups -OCH3 is 1. The number of nitrogens with zero attached hydrogens (tertiary/aromatic N) is 1. The number of hydrogen-bond donors (Lipinski definition) is 2. The maximum absolute atomic E-state index is 6.00. The average Bonchev–Trinajstić information content (AvgIpc) is 2.46. The van der Waals surface area contributed by atoms with Crippen LogP contribution in [0.25, 0.3) is 0 Å². The topological polar surface area (TPSA) is 59.6 Å². The quantitative estimate of drug-likeness (QED) is 0.392. The predicted octanol–water partition coefficient (Wildman–Crippen LogP) is 2.89. The smallest absolute Gasteiger partial charge is 0.151 e. The number of nitrogens with one attached hydrogen (secondary N) is 1. The van der Waals surface area contributed by atoms with E-state index in [-0.39, 0.29) is 0 Å². The van der Waals surface area contributed by atoms with Crippen LogP contribution in [-0.4, -0.2) is 12.9 Å². The van der Waals surface area contributed by atoms with Gasteiger partial charge in [0, 0.05) is 5.02 Å². The lowest BCUT2D eigenvalue weighted by molar-refractivity contribution is 0.413. The Kier molecular flexibility index (Phi) is 4.39. The summed E-state index contributed by atoms with van der Waals surface area (Å²) in [4.78, 5) is 4.44. The van der Waals surface area contributed by atoms with E-state index in [1.165, 1.54) is 0 Å². The highest BCUT2D eigenvalue weighted by Crippen LogP contribution is 2.24. The van der Waals surface area contributed by atoms with Gasteiger partial charge in [-0.1, -0.05) is 29.8 Å². The molecular formula is C14H14ClN3O. The lowest BCUT2D eigenvalue weighted by Crippen LogP contribution is -2.31. The molecule has 4 nitrogen and oxygen atoms in total. The van der Waals surface area contributed by atoms with Gasteiger partial charge in [0.05, 0.1) is 18.4 Å². The summed E-state index contributed by atoms with van der Waals surface area (Å²) in [6.45, 7) is 0. The van der Waals surface area contributed by atoms with Gasteiger partial charge in [-0.3, -0.25) is 0 Å². The molecule has 2 aromatic carbocycles. The molecule has 0 atom stereocenters. The molecule has 0 fully saturated rings. The van der Waals surface area contributed by atoms with Crippen LogP contribution in [0.15, 0.2) is 53.5 Å². The molecule has 19 heavy (non-hydrogen) atoms. The highest BCUT2D eigenvalue weighted by molar-refractivity contribution is 6.31. The number of benzene rings is 2. The number of para-hydroxylation sites is 1. The van der Waals surface area contributed by atoms with Crippen molar-refractivity contribution in [1.82, 2.24) is 5.43 Å². The number of hydrogen-bond acceptors (Lipinski definition) is 3. The molecule has 5 heteroatoms. The third kappa shape index (κ3) is 3.24. The molecule has 0 bridgehead atoms. The zero-order valence-corrected chi connectivity index (χ0v) is 11.2. The predicted molar refractivity (Wildman–Crippen MR) is 78.0 cm³/mol. The molecule has 0 aromatic heterocycles. The molecule has 0 aliphatic rings. The first-order valence-corrected chi connectivity index (χ1v) is 6.06. The van der Waals surface area contributed by atoms with Crippen molar-refractivity contribution in [2.75, 3.05) is 7.11 Å². The van der Waals surface area contributed by atoms with E-state index in [4.69, 9.17) is 22.2 Å². The fourth-order valence-electron chi connectivity index (χ4n) is 1.67. The first-order valence-electron chi connectivity index (χ1n) is 5.69. The highest BCUT2D eigenvalue weighted by Gasteiger charge is 2.10. The van der Waals surface area contributed by atoms with E-state index < -0.39 is 0 Å². The summed E-state index contributed by atoms with van der Waals surface area (Å²) in [5, 5.41) is 0.590. The number of rotatable bonds is 3. The van der Waals surface area contributed by atoms with E-state index in [1.54, 1.807) is 25.3 Å². The van der Waals surface area contributed by atoms with Crippen molar-refractivity contribution in [2.45, 2.75) is 0 Å². The van der Waals surface area contributed by atoms with Crippen LogP contribution in [-0.2, 0) is 0 Å². The lowest BCUT2D eigenvalue weighted by atomic mass is 10.2. The number of hydrazine groups is 1. The Morgan fingerprint density at radius 1 is 1.21 bits per heavy atom. The molecule has 2 rings (SSSR count). The summed E-state index contributed by atoms with van der Waals surface area (Å²) < 4.78 is 5.29. The van der Waals surface area contributed by atoms with Gasteiger partial charge in [0.2, 0.25) is 0 Å². The van der Waals surface area contributed by atoms with Crippen molar-refractivity contribution in [3.8, 4) is 5.75 Å². The van der Waals surface area contributed by atoms with Crippen molar-refractivity contribution in [3.63, 3.8) is 0 Å². The van der Waals surface area contributed by atoms with Crippen LogP contribution in [0.1, 0.15) is 5.56 Å². The second-order valence-electron chi connectivity index (χ2n) is 3.78. The molecule has 3 N–H and O–H groups in total. The number of halogens is 1. The third-order valence-electron chi connectivity index (χ3n) is 2.55. The minimum Gasteiger partial charge on any atom is -0.496 e. The van der Waals surface area contributed by atoms with Gasteiger partial charge in [-0.2, -0.15) is 0 Å². The van der Waals surface area contributed by atoms with Crippen LogP contribution >= 0.6 is 11.6 Å². The Bertz CT molecular complexity index is 584. The van der Waals surface area contributed by atoms with E-state index in [2.05, 4.69) is 10.4 Å². The van der Waals surface area contributed by atoms with Crippen LogP contribution in [0, 0.1) is 0 Å². The van der Waals surface area contributed by atoms with Crippen LogP contribution in [0.4, 0.5) is 5.69 Å². The summed E-state index contributed by atoms with van der Waals surface area (Å²) >= 11 is 6.00. The summed E-state index contributed by atoms with van der Waals surface area (Å²) in [5.74, 6) is 6.69. The standard InChI is InChI=1S/C14H14ClN3O/c1-19-13-8-7-10(15)9-12(13)14(18-16)17-11-5-3-2-4-6-11/h2-9H,16H2,1H3,(H,17,18). The van der Waals surface area contributed by atoms with Gasteiger partial charge in [-0.25, -0.2) is 10.8 Å². The van der Waals surface area contributed by atoms with Gasteiger partial charge < -0.3 is 10.2 Å². The van der Waals surface area contributed by atoms with E-state index in [0.29, 0.717) is 22.2 Å². The number of nitrogens with two attached hydrogens (primary N) is 1. The Labute approximate surface area is 116 Å². The zero-order valence-electron chi connectivity index (χ0n) is 10.4. The second-order valence-corrected chi connectivity index (χ2v) is 4.22. The largest absolute Gasteiger partial charge is 0.496 e. The Balaban J connectivity index is 2.48. The highest BCUT2D eigenvalue weighted by atomic mass is 35.5. The molecular weight excluding hydrogens is 262 g/mol. The van der Waals surface area contributed by atoms with Crippen molar-refractivity contribution in [2.24, 2.45) is 10.8 Å². The lowest BCUT2D eigenvalue weighted by Gasteiger charge is -2.11. The molecule has 0 heterocycles. The molecule has 0 saturated carbocycles. The van der Waals surface area contributed by atoms with Gasteiger partial charge in [0.25, 0.3) is 0 Å². The van der Waals surface area contributed by atoms with Crippen LogP contribution < -0.4 is 16.0 Å². The van der Waals surface area contributed by atoms with E-state index in [0.717, 1.165) is 5.69 Å². The molecule has 0 saturated heterocycles.